The zero-order chi connectivity index (χ0) is 30.2. The van der Waals surface area contributed by atoms with Crippen molar-refractivity contribution < 1.29 is 14.3 Å². The molecule has 0 saturated heterocycles. The SMILES string of the molecule is C#Cc1ccc(C(=O)Oc2c(C)c(C)c3c(c2C)CC[C@@](C)(CCC[C@H](C)CCC[C@H](C)CCCC(C)C)O3)cc1. The molecule has 0 spiro atoms. The minimum absolute atomic E-state index is 0.155. The molecular formula is C38H54O3. The Labute approximate surface area is 250 Å². The molecule has 0 bridgehead atoms. The van der Waals surface area contributed by atoms with Crippen molar-refractivity contribution in [3.63, 3.8) is 0 Å². The van der Waals surface area contributed by atoms with Crippen LogP contribution in [0, 0.1) is 50.9 Å². The van der Waals surface area contributed by atoms with E-state index in [1.165, 1.54) is 56.9 Å². The lowest BCUT2D eigenvalue weighted by Crippen LogP contribution is -2.37. The Morgan fingerprint density at radius 3 is 2.07 bits per heavy atom. The third-order valence-corrected chi connectivity index (χ3v) is 9.32. The van der Waals surface area contributed by atoms with Crippen LogP contribution in [0.15, 0.2) is 24.3 Å². The van der Waals surface area contributed by atoms with Crippen LogP contribution in [0.2, 0.25) is 0 Å². The van der Waals surface area contributed by atoms with Crippen molar-refractivity contribution in [2.45, 2.75) is 132 Å². The van der Waals surface area contributed by atoms with Crippen LogP contribution in [0.3, 0.4) is 0 Å². The van der Waals surface area contributed by atoms with Gasteiger partial charge in [0, 0.05) is 11.1 Å². The van der Waals surface area contributed by atoms with Gasteiger partial charge >= 0.3 is 5.97 Å². The van der Waals surface area contributed by atoms with E-state index in [9.17, 15) is 4.79 Å². The van der Waals surface area contributed by atoms with E-state index in [1.807, 2.05) is 13.8 Å². The van der Waals surface area contributed by atoms with Crippen molar-refractivity contribution >= 4 is 5.97 Å². The second kappa shape index (κ2) is 14.9. The maximum atomic E-state index is 12.9. The van der Waals surface area contributed by atoms with E-state index >= 15 is 0 Å². The lowest BCUT2D eigenvalue weighted by Gasteiger charge is -2.38. The maximum Gasteiger partial charge on any atom is 0.343 e. The molecule has 0 N–H and O–H groups in total. The Morgan fingerprint density at radius 1 is 0.902 bits per heavy atom. The number of rotatable bonds is 14. The molecule has 0 aromatic heterocycles. The lowest BCUT2D eigenvalue weighted by atomic mass is 9.83. The van der Waals surface area contributed by atoms with Crippen LogP contribution in [-0.2, 0) is 6.42 Å². The number of hydrogen-bond donors (Lipinski definition) is 0. The van der Waals surface area contributed by atoms with Crippen molar-refractivity contribution in [2.75, 3.05) is 0 Å². The molecule has 3 rings (SSSR count). The second-order valence-corrected chi connectivity index (χ2v) is 13.5. The van der Waals surface area contributed by atoms with Crippen LogP contribution in [-0.4, -0.2) is 11.6 Å². The summed E-state index contributed by atoms with van der Waals surface area (Å²) in [6.45, 7) is 17.9. The van der Waals surface area contributed by atoms with Gasteiger partial charge < -0.3 is 9.47 Å². The molecule has 3 nitrogen and oxygen atoms in total. The van der Waals surface area contributed by atoms with E-state index in [4.69, 9.17) is 15.9 Å². The number of fused-ring (bicyclic) bond motifs is 1. The summed E-state index contributed by atoms with van der Waals surface area (Å²) in [5, 5.41) is 0. The van der Waals surface area contributed by atoms with Crippen LogP contribution >= 0.6 is 0 Å². The van der Waals surface area contributed by atoms with Gasteiger partial charge in [-0.3, -0.25) is 0 Å². The zero-order valence-corrected chi connectivity index (χ0v) is 27.1. The van der Waals surface area contributed by atoms with Gasteiger partial charge in [-0.25, -0.2) is 4.79 Å². The number of benzene rings is 2. The molecule has 0 amide bonds. The molecule has 3 atom stereocenters. The highest BCUT2D eigenvalue weighted by Crippen LogP contribution is 2.45. The van der Waals surface area contributed by atoms with Gasteiger partial charge in [0.25, 0.3) is 0 Å². The zero-order valence-electron chi connectivity index (χ0n) is 27.1. The minimum Gasteiger partial charge on any atom is -0.487 e. The van der Waals surface area contributed by atoms with Crippen LogP contribution in [0.1, 0.15) is 137 Å². The number of esters is 1. The van der Waals surface area contributed by atoms with Crippen LogP contribution < -0.4 is 9.47 Å². The van der Waals surface area contributed by atoms with Crippen molar-refractivity contribution in [3.05, 3.63) is 57.6 Å². The van der Waals surface area contributed by atoms with Gasteiger partial charge in [-0.1, -0.05) is 78.6 Å². The average Bonchev–Trinajstić information content (AvgIpc) is 2.93. The largest absolute Gasteiger partial charge is 0.487 e. The van der Waals surface area contributed by atoms with Gasteiger partial charge in [-0.15, -0.1) is 6.42 Å². The number of terminal acetylenes is 1. The van der Waals surface area contributed by atoms with Gasteiger partial charge in [0.1, 0.15) is 17.1 Å². The van der Waals surface area contributed by atoms with Crippen molar-refractivity contribution in [2.24, 2.45) is 17.8 Å². The molecule has 224 valence electrons. The topological polar surface area (TPSA) is 35.5 Å². The third kappa shape index (κ3) is 9.13. The highest BCUT2D eigenvalue weighted by atomic mass is 16.5. The summed E-state index contributed by atoms with van der Waals surface area (Å²) in [6, 6.07) is 6.97. The number of hydrogen-bond acceptors (Lipinski definition) is 3. The fraction of sp³-hybridized carbons (Fsp3) is 0.605. The third-order valence-electron chi connectivity index (χ3n) is 9.32. The highest BCUT2D eigenvalue weighted by Gasteiger charge is 2.35. The quantitative estimate of drug-likeness (QED) is 0.131. The molecule has 0 fully saturated rings. The fourth-order valence-corrected chi connectivity index (χ4v) is 6.27. The molecule has 0 radical (unpaired) electrons. The summed E-state index contributed by atoms with van der Waals surface area (Å²) in [6.07, 6.45) is 19.1. The van der Waals surface area contributed by atoms with E-state index < -0.39 is 0 Å². The Kier molecular flexibility index (Phi) is 12.0. The molecule has 2 aromatic carbocycles. The van der Waals surface area contributed by atoms with Crippen LogP contribution in [0.4, 0.5) is 0 Å². The molecule has 0 saturated carbocycles. The first-order valence-corrected chi connectivity index (χ1v) is 16.0. The normalized spacial score (nSPS) is 17.9. The number of ether oxygens (including phenoxy) is 2. The molecule has 2 aromatic rings. The Bertz CT molecular complexity index is 1200. The van der Waals surface area contributed by atoms with Gasteiger partial charge in [0.15, 0.2) is 0 Å². The van der Waals surface area contributed by atoms with Gasteiger partial charge in [-0.05, 0) is 112 Å². The van der Waals surface area contributed by atoms with Crippen LogP contribution in [0.5, 0.6) is 11.5 Å². The van der Waals surface area contributed by atoms with Gasteiger partial charge in [0.2, 0.25) is 0 Å². The smallest absolute Gasteiger partial charge is 0.343 e. The summed E-state index contributed by atoms with van der Waals surface area (Å²) in [5.41, 5.74) is 5.29. The highest BCUT2D eigenvalue weighted by molar-refractivity contribution is 5.91. The Hall–Kier alpha value is -2.73. The maximum absolute atomic E-state index is 12.9. The summed E-state index contributed by atoms with van der Waals surface area (Å²) in [5.74, 6) is 6.31. The molecular weight excluding hydrogens is 504 g/mol. The van der Waals surface area contributed by atoms with Crippen LogP contribution in [0.25, 0.3) is 0 Å². The molecule has 0 aliphatic carbocycles. The molecule has 1 aliphatic heterocycles. The molecule has 3 heteroatoms. The van der Waals surface area contributed by atoms with Gasteiger partial charge in [0.05, 0.1) is 5.56 Å². The van der Waals surface area contributed by atoms with E-state index in [2.05, 4.69) is 47.5 Å². The first-order valence-electron chi connectivity index (χ1n) is 16.0. The molecule has 1 heterocycles. The first kappa shape index (κ1) is 32.8. The summed E-state index contributed by atoms with van der Waals surface area (Å²) >= 11 is 0. The first-order chi connectivity index (χ1) is 19.4. The molecule has 0 unspecified atom stereocenters. The molecule has 41 heavy (non-hydrogen) atoms. The van der Waals surface area contributed by atoms with Crippen molar-refractivity contribution in [3.8, 4) is 23.8 Å². The second-order valence-electron chi connectivity index (χ2n) is 13.5. The van der Waals surface area contributed by atoms with E-state index in [0.29, 0.717) is 11.3 Å². The predicted molar refractivity (Wildman–Crippen MR) is 172 cm³/mol. The number of carbonyl (C=O) groups excluding carboxylic acids is 1. The Balaban J connectivity index is 1.54. The molecule has 1 aliphatic rings. The minimum atomic E-state index is -0.365. The van der Waals surface area contributed by atoms with Crippen molar-refractivity contribution in [1.29, 1.82) is 0 Å². The summed E-state index contributed by atoms with van der Waals surface area (Å²) in [4.78, 5) is 12.9. The van der Waals surface area contributed by atoms with E-state index in [0.717, 1.165) is 65.0 Å². The monoisotopic (exact) mass is 558 g/mol. The predicted octanol–water partition coefficient (Wildman–Crippen LogP) is 10.3. The summed E-state index contributed by atoms with van der Waals surface area (Å²) < 4.78 is 12.7. The Morgan fingerprint density at radius 2 is 1.49 bits per heavy atom. The lowest BCUT2D eigenvalue weighted by molar-refractivity contribution is 0.0508. The summed E-state index contributed by atoms with van der Waals surface area (Å²) in [7, 11) is 0. The standard InChI is InChI=1S/C38H54O3/c1-10-32-19-21-33(22-20-32)37(39)40-35-29(6)30(7)36-34(31(35)8)23-25-38(9,41-36)24-13-18-28(5)17-12-16-27(4)15-11-14-26(2)3/h1,19-22,26-28H,11-18,23-25H2,2-9H3/t27-,28-,38-/m1/s1. The van der Waals surface area contributed by atoms with E-state index in [-0.39, 0.29) is 11.6 Å². The average molecular weight is 559 g/mol. The van der Waals surface area contributed by atoms with E-state index in [1.54, 1.807) is 24.3 Å². The number of carbonyl (C=O) groups is 1. The fourth-order valence-electron chi connectivity index (χ4n) is 6.27. The van der Waals surface area contributed by atoms with Gasteiger partial charge in [-0.2, -0.15) is 0 Å². The van der Waals surface area contributed by atoms with Crippen molar-refractivity contribution in [1.82, 2.24) is 0 Å².